The minimum Gasteiger partial charge on any atom is -0.353 e. The molecule has 2 atom stereocenters. The smallest absolute Gasteiger partial charge is 0.217 e. The van der Waals surface area contributed by atoms with Crippen LogP contribution in [0.4, 0.5) is 0 Å². The van der Waals surface area contributed by atoms with Crippen LogP contribution in [0.3, 0.4) is 0 Å². The van der Waals surface area contributed by atoms with Crippen molar-refractivity contribution in [2.75, 3.05) is 0 Å². The second-order valence-electron chi connectivity index (χ2n) is 3.57. The number of hydrogen-bond donors (Lipinski definition) is 1. The molecule has 1 fully saturated rings. The zero-order valence-electron chi connectivity index (χ0n) is 7.59. The van der Waals surface area contributed by atoms with Crippen LogP contribution in [-0.4, -0.2) is 17.7 Å². The second-order valence-corrected chi connectivity index (χ2v) is 3.57. The summed E-state index contributed by atoms with van der Waals surface area (Å²) in [5.41, 5.74) is 0. The van der Waals surface area contributed by atoms with Crippen LogP contribution in [0.2, 0.25) is 0 Å². The van der Waals surface area contributed by atoms with Crippen LogP contribution >= 0.6 is 0 Å². The van der Waals surface area contributed by atoms with E-state index in [4.69, 9.17) is 0 Å². The maximum Gasteiger partial charge on any atom is 0.217 e. The topological polar surface area (TPSA) is 46.2 Å². The first-order valence-corrected chi connectivity index (χ1v) is 4.38. The van der Waals surface area contributed by atoms with Gasteiger partial charge in [0.25, 0.3) is 0 Å². The minimum atomic E-state index is 0.00111. The molecule has 3 heteroatoms. The van der Waals surface area contributed by atoms with Gasteiger partial charge in [0.1, 0.15) is 5.78 Å². The molecule has 0 aliphatic heterocycles. The van der Waals surface area contributed by atoms with Gasteiger partial charge in [-0.15, -0.1) is 0 Å². The molecular weight excluding hydrogens is 154 g/mol. The van der Waals surface area contributed by atoms with Crippen molar-refractivity contribution in [2.45, 2.75) is 39.2 Å². The molecule has 3 nitrogen and oxygen atoms in total. The molecular formula is C9H15NO2. The van der Waals surface area contributed by atoms with E-state index < -0.39 is 0 Å². The zero-order valence-corrected chi connectivity index (χ0v) is 7.59. The van der Waals surface area contributed by atoms with E-state index in [1.807, 2.05) is 6.92 Å². The average Bonchev–Trinajstić information content (AvgIpc) is 1.94. The molecule has 0 aromatic heterocycles. The maximum atomic E-state index is 11.0. The van der Waals surface area contributed by atoms with Crippen molar-refractivity contribution in [1.82, 2.24) is 5.32 Å². The van der Waals surface area contributed by atoms with Crippen molar-refractivity contribution in [2.24, 2.45) is 5.92 Å². The third kappa shape index (κ3) is 2.32. The lowest BCUT2D eigenvalue weighted by molar-refractivity contribution is -0.125. The van der Waals surface area contributed by atoms with Crippen LogP contribution in [0.15, 0.2) is 0 Å². The molecule has 1 rings (SSSR count). The molecule has 12 heavy (non-hydrogen) atoms. The number of rotatable bonds is 1. The largest absolute Gasteiger partial charge is 0.353 e. The first-order chi connectivity index (χ1) is 5.59. The number of nitrogens with one attached hydrogen (secondary N) is 1. The number of Topliss-reactive ketones (excluding diaryl/α,β-unsaturated/α-hetero) is 1. The number of amides is 1. The average molecular weight is 169 g/mol. The first kappa shape index (κ1) is 9.23. The summed E-state index contributed by atoms with van der Waals surface area (Å²) in [6, 6.07) is 0.209. The van der Waals surface area contributed by atoms with Crippen LogP contribution in [-0.2, 0) is 9.59 Å². The highest BCUT2D eigenvalue weighted by Gasteiger charge is 2.25. The standard InChI is InChI=1S/C9H15NO2/c1-6-5-8(12)3-4-9(6)10-7(2)11/h6,9H,3-5H2,1-2H3,(H,10,11). The Kier molecular flexibility index (Phi) is 2.84. The Labute approximate surface area is 72.5 Å². The molecule has 0 aromatic carbocycles. The highest BCUT2D eigenvalue weighted by molar-refractivity contribution is 5.80. The lowest BCUT2D eigenvalue weighted by atomic mass is 9.85. The normalized spacial score (nSPS) is 30.0. The van der Waals surface area contributed by atoms with E-state index in [9.17, 15) is 9.59 Å². The van der Waals surface area contributed by atoms with E-state index in [1.165, 1.54) is 6.92 Å². The van der Waals surface area contributed by atoms with Gasteiger partial charge in [0.15, 0.2) is 0 Å². The fraction of sp³-hybridized carbons (Fsp3) is 0.778. The first-order valence-electron chi connectivity index (χ1n) is 4.38. The third-order valence-corrected chi connectivity index (χ3v) is 2.36. The van der Waals surface area contributed by atoms with Gasteiger partial charge in [-0.1, -0.05) is 6.92 Å². The van der Waals surface area contributed by atoms with Gasteiger partial charge >= 0.3 is 0 Å². The van der Waals surface area contributed by atoms with Gasteiger partial charge in [-0.2, -0.15) is 0 Å². The molecule has 68 valence electrons. The van der Waals surface area contributed by atoms with Gasteiger partial charge in [0.2, 0.25) is 5.91 Å². The lowest BCUT2D eigenvalue weighted by Gasteiger charge is -2.28. The van der Waals surface area contributed by atoms with Crippen molar-refractivity contribution in [3.8, 4) is 0 Å². The number of ketones is 1. The minimum absolute atomic E-state index is 0.00111. The summed E-state index contributed by atoms with van der Waals surface area (Å²) in [5.74, 6) is 0.625. The van der Waals surface area contributed by atoms with Crippen molar-refractivity contribution in [3.05, 3.63) is 0 Å². The quantitative estimate of drug-likeness (QED) is 0.633. The van der Waals surface area contributed by atoms with E-state index >= 15 is 0 Å². The Morgan fingerprint density at radius 2 is 2.25 bits per heavy atom. The van der Waals surface area contributed by atoms with E-state index in [0.29, 0.717) is 24.5 Å². The maximum absolute atomic E-state index is 11.0. The summed E-state index contributed by atoms with van der Waals surface area (Å²) in [6.45, 7) is 3.53. The Bertz CT molecular complexity index is 201. The van der Waals surface area contributed by atoms with Crippen molar-refractivity contribution in [1.29, 1.82) is 0 Å². The number of carbonyl (C=O) groups is 2. The fourth-order valence-electron chi connectivity index (χ4n) is 1.68. The summed E-state index contributed by atoms with van der Waals surface area (Å²) >= 11 is 0. The monoisotopic (exact) mass is 169 g/mol. The van der Waals surface area contributed by atoms with Gasteiger partial charge in [0, 0.05) is 25.8 Å². The van der Waals surface area contributed by atoms with E-state index in [2.05, 4.69) is 5.32 Å². The van der Waals surface area contributed by atoms with Crippen LogP contribution in [0, 0.1) is 5.92 Å². The highest BCUT2D eigenvalue weighted by atomic mass is 16.1. The van der Waals surface area contributed by atoms with Crippen LogP contribution < -0.4 is 5.32 Å². The zero-order chi connectivity index (χ0) is 9.14. The molecule has 1 aliphatic rings. The van der Waals surface area contributed by atoms with Gasteiger partial charge in [-0.05, 0) is 12.3 Å². The molecule has 0 bridgehead atoms. The molecule has 0 heterocycles. The van der Waals surface area contributed by atoms with Gasteiger partial charge < -0.3 is 5.32 Å². The Morgan fingerprint density at radius 1 is 1.58 bits per heavy atom. The Morgan fingerprint density at radius 3 is 2.75 bits per heavy atom. The van der Waals surface area contributed by atoms with Gasteiger partial charge in [-0.25, -0.2) is 0 Å². The molecule has 0 radical (unpaired) electrons. The molecule has 2 unspecified atom stereocenters. The molecule has 1 amide bonds. The molecule has 0 aromatic rings. The van der Waals surface area contributed by atoms with Crippen molar-refractivity contribution in [3.63, 3.8) is 0 Å². The van der Waals surface area contributed by atoms with Crippen molar-refractivity contribution >= 4 is 11.7 Å². The fourth-order valence-corrected chi connectivity index (χ4v) is 1.68. The van der Waals surface area contributed by atoms with Crippen LogP contribution in [0.5, 0.6) is 0 Å². The molecule has 0 spiro atoms. The lowest BCUT2D eigenvalue weighted by Crippen LogP contribution is -2.41. The van der Waals surface area contributed by atoms with E-state index in [0.717, 1.165) is 6.42 Å². The van der Waals surface area contributed by atoms with E-state index in [-0.39, 0.29) is 11.9 Å². The second kappa shape index (κ2) is 3.70. The predicted molar refractivity (Wildman–Crippen MR) is 45.6 cm³/mol. The van der Waals surface area contributed by atoms with Crippen molar-refractivity contribution < 1.29 is 9.59 Å². The Balaban J connectivity index is 2.45. The molecule has 1 N–H and O–H groups in total. The third-order valence-electron chi connectivity index (χ3n) is 2.36. The summed E-state index contributed by atoms with van der Waals surface area (Å²) in [4.78, 5) is 21.7. The van der Waals surface area contributed by atoms with Gasteiger partial charge in [0.05, 0.1) is 0 Å². The predicted octanol–water partition coefficient (Wildman–Crippen LogP) is 0.880. The van der Waals surface area contributed by atoms with Crippen LogP contribution in [0.25, 0.3) is 0 Å². The Hall–Kier alpha value is -0.860. The summed E-state index contributed by atoms with van der Waals surface area (Å²) in [6.07, 6.45) is 2.04. The highest BCUT2D eigenvalue weighted by Crippen LogP contribution is 2.21. The SMILES string of the molecule is CC(=O)NC1CCC(=O)CC1C. The van der Waals surface area contributed by atoms with Gasteiger partial charge in [-0.3, -0.25) is 9.59 Å². The summed E-state index contributed by atoms with van der Waals surface area (Å²) in [5, 5.41) is 2.86. The molecule has 0 saturated heterocycles. The summed E-state index contributed by atoms with van der Waals surface area (Å²) < 4.78 is 0. The van der Waals surface area contributed by atoms with Crippen LogP contribution in [0.1, 0.15) is 33.1 Å². The summed E-state index contributed by atoms with van der Waals surface area (Å²) in [7, 11) is 0. The molecule has 1 aliphatic carbocycles. The van der Waals surface area contributed by atoms with E-state index in [1.54, 1.807) is 0 Å². The molecule has 1 saturated carbocycles. The number of hydrogen-bond acceptors (Lipinski definition) is 2. The number of carbonyl (C=O) groups excluding carboxylic acids is 2.